The minimum Gasteiger partial charge on any atom is -0.381 e. The van der Waals surface area contributed by atoms with Crippen molar-refractivity contribution in [2.45, 2.75) is 25.8 Å². The predicted octanol–water partition coefficient (Wildman–Crippen LogP) is 2.60. The van der Waals surface area contributed by atoms with Crippen molar-refractivity contribution in [1.29, 1.82) is 5.26 Å². The smallest absolute Gasteiger partial charge is 0.123 e. The molecule has 0 atom stereocenters. The van der Waals surface area contributed by atoms with E-state index in [1.165, 1.54) is 31.0 Å². The maximum Gasteiger partial charge on any atom is 0.123 e. The number of nitrogens with one attached hydrogen (secondary N) is 1. The largest absolute Gasteiger partial charge is 0.381 e. The summed E-state index contributed by atoms with van der Waals surface area (Å²) in [5.74, 6) is 0.502. The normalized spacial score (nSPS) is 14.3. The van der Waals surface area contributed by atoms with Crippen LogP contribution >= 0.6 is 0 Å². The van der Waals surface area contributed by atoms with Crippen LogP contribution in [0.15, 0.2) is 18.2 Å². The Bertz CT molecular complexity index is 452. The third-order valence-electron chi connectivity index (χ3n) is 3.20. The van der Waals surface area contributed by atoms with Crippen molar-refractivity contribution in [1.82, 2.24) is 5.32 Å². The van der Waals surface area contributed by atoms with Gasteiger partial charge in [-0.2, -0.15) is 5.26 Å². The highest BCUT2D eigenvalue weighted by Gasteiger charge is 2.20. The number of rotatable bonds is 8. The molecule has 1 fully saturated rings. The van der Waals surface area contributed by atoms with E-state index < -0.39 is 0 Å². The highest BCUT2D eigenvalue weighted by atomic mass is 19.1. The van der Waals surface area contributed by atoms with Crippen molar-refractivity contribution in [2.24, 2.45) is 5.92 Å². The number of halogens is 1. The molecule has 0 amide bonds. The van der Waals surface area contributed by atoms with Gasteiger partial charge < -0.3 is 10.1 Å². The summed E-state index contributed by atoms with van der Waals surface area (Å²) in [7, 11) is 0. The minimum atomic E-state index is -0.302. The number of nitrogens with zero attached hydrogens (tertiary/aromatic N) is 1. The number of nitriles is 1. The van der Waals surface area contributed by atoms with Gasteiger partial charge in [0.25, 0.3) is 0 Å². The van der Waals surface area contributed by atoms with Crippen LogP contribution in [0.5, 0.6) is 0 Å². The van der Waals surface area contributed by atoms with E-state index in [4.69, 9.17) is 10.00 Å². The lowest BCUT2D eigenvalue weighted by molar-refractivity contribution is 0.122. The van der Waals surface area contributed by atoms with E-state index in [-0.39, 0.29) is 5.82 Å². The zero-order valence-electron chi connectivity index (χ0n) is 11.0. The molecule has 0 saturated heterocycles. The van der Waals surface area contributed by atoms with Crippen molar-refractivity contribution in [3.63, 3.8) is 0 Å². The fourth-order valence-electron chi connectivity index (χ4n) is 1.87. The molecule has 0 radical (unpaired) electrons. The lowest BCUT2D eigenvalue weighted by atomic mass is 10.1. The van der Waals surface area contributed by atoms with Gasteiger partial charge in [-0.15, -0.1) is 0 Å². The number of ether oxygens (including phenoxy) is 1. The van der Waals surface area contributed by atoms with Crippen molar-refractivity contribution in [3.8, 4) is 6.07 Å². The Morgan fingerprint density at radius 2 is 2.26 bits per heavy atom. The zero-order valence-corrected chi connectivity index (χ0v) is 11.0. The molecule has 0 aliphatic heterocycles. The summed E-state index contributed by atoms with van der Waals surface area (Å²) in [6, 6.07) is 6.32. The summed E-state index contributed by atoms with van der Waals surface area (Å²) in [5.41, 5.74) is 1.24. The van der Waals surface area contributed by atoms with Crippen LogP contribution in [0.25, 0.3) is 0 Å². The fourth-order valence-corrected chi connectivity index (χ4v) is 1.87. The van der Waals surface area contributed by atoms with Crippen molar-refractivity contribution in [3.05, 3.63) is 35.1 Å². The first kappa shape index (κ1) is 14.0. The molecule has 1 aromatic carbocycles. The molecule has 0 unspecified atom stereocenters. The van der Waals surface area contributed by atoms with Gasteiger partial charge in [-0.05, 0) is 55.5 Å². The van der Waals surface area contributed by atoms with E-state index in [1.54, 1.807) is 0 Å². The second kappa shape index (κ2) is 7.22. The quantitative estimate of drug-likeness (QED) is 0.732. The number of hydrogen-bond acceptors (Lipinski definition) is 3. The second-order valence-corrected chi connectivity index (χ2v) is 4.96. The van der Waals surface area contributed by atoms with Crippen LogP contribution in [-0.4, -0.2) is 19.8 Å². The van der Waals surface area contributed by atoms with Crippen LogP contribution in [0.4, 0.5) is 4.39 Å². The summed E-state index contributed by atoms with van der Waals surface area (Å²) in [6.07, 6.45) is 3.56. The molecular formula is C15H19FN2O. The minimum absolute atomic E-state index is 0.302. The standard InChI is InChI=1S/C15H19FN2O/c16-15-5-4-13(9-17)14(8-15)10-18-6-1-7-19-11-12-2-3-12/h4-5,8,12,18H,1-3,6-7,10-11H2. The van der Waals surface area contributed by atoms with E-state index in [0.717, 1.165) is 32.1 Å². The molecule has 1 aromatic rings. The average Bonchev–Trinajstić information content (AvgIpc) is 3.22. The lowest BCUT2D eigenvalue weighted by Gasteiger charge is -2.07. The van der Waals surface area contributed by atoms with Gasteiger partial charge in [0.2, 0.25) is 0 Å². The molecule has 0 heterocycles. The highest BCUT2D eigenvalue weighted by Crippen LogP contribution is 2.28. The Labute approximate surface area is 113 Å². The molecular weight excluding hydrogens is 243 g/mol. The van der Waals surface area contributed by atoms with Gasteiger partial charge in [0, 0.05) is 19.8 Å². The Hall–Kier alpha value is -1.44. The van der Waals surface area contributed by atoms with Crippen molar-refractivity contribution in [2.75, 3.05) is 19.8 Å². The topological polar surface area (TPSA) is 45.0 Å². The maximum atomic E-state index is 13.1. The highest BCUT2D eigenvalue weighted by molar-refractivity contribution is 5.37. The summed E-state index contributed by atoms with van der Waals surface area (Å²) in [6.45, 7) is 2.98. The molecule has 1 N–H and O–H groups in total. The summed E-state index contributed by atoms with van der Waals surface area (Å²) < 4.78 is 18.6. The average molecular weight is 262 g/mol. The molecule has 0 spiro atoms. The van der Waals surface area contributed by atoms with Crippen LogP contribution in [0, 0.1) is 23.1 Å². The molecule has 0 aromatic heterocycles. The molecule has 2 rings (SSSR count). The molecule has 0 bridgehead atoms. The second-order valence-electron chi connectivity index (χ2n) is 4.96. The lowest BCUT2D eigenvalue weighted by Crippen LogP contribution is -2.17. The van der Waals surface area contributed by atoms with Gasteiger partial charge in [-0.1, -0.05) is 0 Å². The third kappa shape index (κ3) is 4.98. The molecule has 1 aliphatic carbocycles. The summed E-state index contributed by atoms with van der Waals surface area (Å²) in [4.78, 5) is 0. The Balaban J connectivity index is 1.61. The summed E-state index contributed by atoms with van der Waals surface area (Å²) in [5, 5.41) is 12.1. The van der Waals surface area contributed by atoms with Crippen LogP contribution in [0.3, 0.4) is 0 Å². The molecule has 4 heteroatoms. The van der Waals surface area contributed by atoms with Crippen LogP contribution in [-0.2, 0) is 11.3 Å². The Morgan fingerprint density at radius 3 is 3.00 bits per heavy atom. The van der Waals surface area contributed by atoms with E-state index >= 15 is 0 Å². The monoisotopic (exact) mass is 262 g/mol. The van der Waals surface area contributed by atoms with E-state index in [9.17, 15) is 4.39 Å². The Kier molecular flexibility index (Phi) is 5.31. The van der Waals surface area contributed by atoms with Crippen LogP contribution < -0.4 is 5.32 Å². The van der Waals surface area contributed by atoms with E-state index in [2.05, 4.69) is 11.4 Å². The molecule has 102 valence electrons. The third-order valence-corrected chi connectivity index (χ3v) is 3.20. The molecule has 1 aliphatic rings. The molecule has 19 heavy (non-hydrogen) atoms. The number of benzene rings is 1. The zero-order chi connectivity index (χ0) is 13.5. The van der Waals surface area contributed by atoms with Gasteiger partial charge in [0.15, 0.2) is 0 Å². The SMILES string of the molecule is N#Cc1ccc(F)cc1CNCCCOCC1CC1. The molecule has 1 saturated carbocycles. The van der Waals surface area contributed by atoms with Gasteiger partial charge in [-0.25, -0.2) is 4.39 Å². The first-order chi connectivity index (χ1) is 9.29. The van der Waals surface area contributed by atoms with E-state index in [0.29, 0.717) is 17.7 Å². The van der Waals surface area contributed by atoms with Crippen molar-refractivity contribution >= 4 is 0 Å². The predicted molar refractivity (Wildman–Crippen MR) is 71.0 cm³/mol. The van der Waals surface area contributed by atoms with Gasteiger partial charge >= 0.3 is 0 Å². The van der Waals surface area contributed by atoms with Gasteiger partial charge in [0.05, 0.1) is 11.6 Å². The van der Waals surface area contributed by atoms with Crippen LogP contribution in [0.1, 0.15) is 30.4 Å². The summed E-state index contributed by atoms with van der Waals surface area (Å²) >= 11 is 0. The fraction of sp³-hybridized carbons (Fsp3) is 0.533. The first-order valence-corrected chi connectivity index (χ1v) is 6.76. The van der Waals surface area contributed by atoms with Gasteiger partial charge in [0.1, 0.15) is 5.82 Å². The van der Waals surface area contributed by atoms with Crippen LogP contribution in [0.2, 0.25) is 0 Å². The van der Waals surface area contributed by atoms with E-state index in [1.807, 2.05) is 0 Å². The Morgan fingerprint density at radius 1 is 1.42 bits per heavy atom. The number of hydrogen-bond donors (Lipinski definition) is 1. The van der Waals surface area contributed by atoms with Crippen molar-refractivity contribution < 1.29 is 9.13 Å². The maximum absolute atomic E-state index is 13.1. The first-order valence-electron chi connectivity index (χ1n) is 6.76. The molecule has 3 nitrogen and oxygen atoms in total. The van der Waals surface area contributed by atoms with Gasteiger partial charge in [-0.3, -0.25) is 0 Å².